The molecule has 4 amide bonds. The van der Waals surface area contributed by atoms with Gasteiger partial charge in [-0.25, -0.2) is 0 Å². The number of benzene rings is 1. The molecule has 1 aromatic carbocycles. The van der Waals surface area contributed by atoms with E-state index in [9.17, 15) is 19.2 Å². The van der Waals surface area contributed by atoms with Gasteiger partial charge in [-0.3, -0.25) is 29.0 Å². The SMILES string of the molecule is CS[C@]12[C@H]3C(=O)N(C)C(=O)[C@H]3[C@@](C)(C(=O)N1C)C(=O)N2c1ccccc1. The number of amides is 4. The van der Waals surface area contributed by atoms with E-state index in [2.05, 4.69) is 0 Å². The number of thioether (sulfide) groups is 1. The lowest BCUT2D eigenvalue weighted by atomic mass is 9.61. The molecule has 0 radical (unpaired) electrons. The highest BCUT2D eigenvalue weighted by molar-refractivity contribution is 8.00. The van der Waals surface area contributed by atoms with Crippen molar-refractivity contribution in [3.63, 3.8) is 0 Å². The van der Waals surface area contributed by atoms with Gasteiger partial charge in [-0.1, -0.05) is 18.2 Å². The van der Waals surface area contributed by atoms with Gasteiger partial charge < -0.3 is 4.90 Å². The second-order valence-corrected chi connectivity index (χ2v) is 8.11. The zero-order valence-corrected chi connectivity index (χ0v) is 15.7. The molecule has 4 heterocycles. The molecule has 4 fully saturated rings. The molecule has 0 spiro atoms. The number of hydrogen-bond donors (Lipinski definition) is 0. The maximum Gasteiger partial charge on any atom is 0.245 e. The first-order valence-electron chi connectivity index (χ1n) is 8.29. The van der Waals surface area contributed by atoms with Crippen molar-refractivity contribution in [2.24, 2.45) is 17.3 Å². The standard InChI is InChI=1S/C18H19N3O4S/c1-17-11-12(14(23)19(2)13(11)22)18(26-4,20(3)15(17)24)21(16(17)25)10-8-6-5-7-9-10/h5-9,11-12H,1-4H3/t11-,12+,17-,18+/m0/s1. The fourth-order valence-corrected chi connectivity index (χ4v) is 5.95. The Kier molecular flexibility index (Phi) is 3.35. The third-order valence-corrected chi connectivity index (χ3v) is 7.38. The lowest BCUT2D eigenvalue weighted by Gasteiger charge is -2.63. The van der Waals surface area contributed by atoms with Gasteiger partial charge in [0.1, 0.15) is 11.3 Å². The molecule has 5 rings (SSSR count). The summed E-state index contributed by atoms with van der Waals surface area (Å²) >= 11 is 1.24. The summed E-state index contributed by atoms with van der Waals surface area (Å²) in [6.07, 6.45) is 1.76. The Morgan fingerprint density at radius 2 is 1.50 bits per heavy atom. The fraction of sp³-hybridized carbons (Fsp3) is 0.444. The summed E-state index contributed by atoms with van der Waals surface area (Å²) in [6.45, 7) is 1.50. The topological polar surface area (TPSA) is 78.0 Å². The smallest absolute Gasteiger partial charge is 0.245 e. The number of imide groups is 1. The van der Waals surface area contributed by atoms with E-state index < -0.39 is 40.0 Å². The molecule has 4 aliphatic heterocycles. The van der Waals surface area contributed by atoms with Gasteiger partial charge >= 0.3 is 0 Å². The number of piperidine rings is 2. The summed E-state index contributed by atoms with van der Waals surface area (Å²) in [7, 11) is 3.02. The molecular weight excluding hydrogens is 354 g/mol. The van der Waals surface area contributed by atoms with Crippen LogP contribution in [-0.2, 0) is 19.2 Å². The molecule has 8 heteroatoms. The van der Waals surface area contributed by atoms with E-state index in [1.807, 2.05) is 6.07 Å². The molecule has 4 aliphatic rings. The van der Waals surface area contributed by atoms with Crippen LogP contribution >= 0.6 is 11.8 Å². The van der Waals surface area contributed by atoms with E-state index in [1.165, 1.54) is 35.5 Å². The Morgan fingerprint density at radius 3 is 2.08 bits per heavy atom. The van der Waals surface area contributed by atoms with E-state index >= 15 is 0 Å². The number of carbonyl (C=O) groups is 4. The Balaban J connectivity index is 2.05. The lowest BCUT2D eigenvalue weighted by Crippen LogP contribution is -2.82. The zero-order chi connectivity index (χ0) is 19.0. The molecule has 4 atom stereocenters. The van der Waals surface area contributed by atoms with Gasteiger partial charge in [-0.05, 0) is 25.3 Å². The van der Waals surface area contributed by atoms with E-state index in [0.717, 1.165) is 4.90 Å². The largest absolute Gasteiger partial charge is 0.312 e. The minimum Gasteiger partial charge on any atom is -0.312 e. The van der Waals surface area contributed by atoms with Crippen molar-refractivity contribution < 1.29 is 19.2 Å². The van der Waals surface area contributed by atoms with Crippen molar-refractivity contribution in [2.45, 2.75) is 11.9 Å². The van der Waals surface area contributed by atoms with Crippen LogP contribution in [0.15, 0.2) is 30.3 Å². The molecule has 26 heavy (non-hydrogen) atoms. The van der Waals surface area contributed by atoms with Crippen LogP contribution < -0.4 is 4.90 Å². The molecule has 0 N–H and O–H groups in total. The zero-order valence-electron chi connectivity index (χ0n) is 14.9. The maximum atomic E-state index is 13.5. The Hall–Kier alpha value is -2.35. The number of nitrogens with zero attached hydrogens (tertiary/aromatic N) is 3. The van der Waals surface area contributed by atoms with Gasteiger partial charge in [-0.2, -0.15) is 0 Å². The predicted octanol–water partition coefficient (Wildman–Crippen LogP) is 0.759. The summed E-state index contributed by atoms with van der Waals surface area (Å²) in [4.78, 5) is 55.3. The highest BCUT2D eigenvalue weighted by Crippen LogP contribution is 2.62. The van der Waals surface area contributed by atoms with Crippen molar-refractivity contribution >= 4 is 41.1 Å². The predicted molar refractivity (Wildman–Crippen MR) is 95.8 cm³/mol. The number of anilines is 1. The summed E-state index contributed by atoms with van der Waals surface area (Å²) in [5.74, 6) is -3.43. The van der Waals surface area contributed by atoms with Crippen molar-refractivity contribution in [3.8, 4) is 0 Å². The third-order valence-electron chi connectivity index (χ3n) is 6.07. The number of rotatable bonds is 2. The highest BCUT2D eigenvalue weighted by Gasteiger charge is 2.79. The first-order chi connectivity index (χ1) is 12.2. The van der Waals surface area contributed by atoms with Crippen LogP contribution in [0.1, 0.15) is 6.92 Å². The minimum absolute atomic E-state index is 0.353. The monoisotopic (exact) mass is 373 g/mol. The van der Waals surface area contributed by atoms with Crippen molar-refractivity contribution in [3.05, 3.63) is 30.3 Å². The normalized spacial score (nSPS) is 36.2. The lowest BCUT2D eigenvalue weighted by molar-refractivity contribution is -0.178. The quantitative estimate of drug-likeness (QED) is 0.565. The molecule has 136 valence electrons. The number of para-hydroxylation sites is 1. The number of carbonyl (C=O) groups excluding carboxylic acids is 4. The molecule has 0 saturated carbocycles. The first-order valence-corrected chi connectivity index (χ1v) is 9.51. The molecule has 7 nitrogen and oxygen atoms in total. The maximum absolute atomic E-state index is 13.5. The van der Waals surface area contributed by atoms with E-state index in [-0.39, 0.29) is 5.91 Å². The Bertz CT molecular complexity index is 859. The van der Waals surface area contributed by atoms with Gasteiger partial charge in [0, 0.05) is 19.8 Å². The van der Waals surface area contributed by atoms with Gasteiger partial charge in [0.05, 0.1) is 5.92 Å². The van der Waals surface area contributed by atoms with Crippen LogP contribution in [0.3, 0.4) is 0 Å². The summed E-state index contributed by atoms with van der Waals surface area (Å²) in [5.41, 5.74) is -0.991. The second-order valence-electron chi connectivity index (χ2n) is 7.10. The molecular formula is C18H19N3O4S. The number of hydrogen-bond acceptors (Lipinski definition) is 5. The van der Waals surface area contributed by atoms with Gasteiger partial charge in [-0.15, -0.1) is 11.8 Å². The molecule has 2 bridgehead atoms. The fourth-order valence-electron chi connectivity index (χ4n) is 4.73. The van der Waals surface area contributed by atoms with E-state index in [1.54, 1.807) is 37.6 Å². The van der Waals surface area contributed by atoms with Crippen molar-refractivity contribution in [2.75, 3.05) is 25.3 Å². The van der Waals surface area contributed by atoms with Crippen LogP contribution in [0, 0.1) is 17.3 Å². The summed E-state index contributed by atoms with van der Waals surface area (Å²) < 4.78 is 0. The van der Waals surface area contributed by atoms with E-state index in [0.29, 0.717) is 5.69 Å². The van der Waals surface area contributed by atoms with Gasteiger partial charge in [0.15, 0.2) is 4.99 Å². The van der Waals surface area contributed by atoms with Crippen LogP contribution in [0.25, 0.3) is 0 Å². The molecule has 4 saturated heterocycles. The third kappa shape index (κ3) is 1.57. The van der Waals surface area contributed by atoms with Crippen LogP contribution in [0.5, 0.6) is 0 Å². The number of fused-ring (bicyclic) bond motifs is 2. The number of likely N-dealkylation sites (tertiary alicyclic amines) is 1. The molecule has 1 aromatic rings. The molecule has 0 unspecified atom stereocenters. The minimum atomic E-state index is -1.59. The average molecular weight is 373 g/mol. The van der Waals surface area contributed by atoms with Crippen LogP contribution in [0.2, 0.25) is 0 Å². The first kappa shape index (κ1) is 17.1. The van der Waals surface area contributed by atoms with Gasteiger partial charge in [0.2, 0.25) is 23.6 Å². The highest BCUT2D eigenvalue weighted by atomic mass is 32.2. The summed E-state index contributed by atoms with van der Waals surface area (Å²) in [6, 6.07) is 8.98. The van der Waals surface area contributed by atoms with Crippen LogP contribution in [-0.4, -0.2) is 58.8 Å². The average Bonchev–Trinajstić information content (AvgIpc) is 2.88. The van der Waals surface area contributed by atoms with Crippen molar-refractivity contribution in [1.82, 2.24) is 9.80 Å². The van der Waals surface area contributed by atoms with Crippen molar-refractivity contribution in [1.29, 1.82) is 0 Å². The summed E-state index contributed by atoms with van der Waals surface area (Å²) in [5, 5.41) is 0. The Morgan fingerprint density at radius 1 is 0.923 bits per heavy atom. The van der Waals surface area contributed by atoms with E-state index in [4.69, 9.17) is 0 Å². The second kappa shape index (κ2) is 5.09. The molecule has 0 aliphatic carbocycles. The van der Waals surface area contributed by atoms with Gasteiger partial charge in [0.25, 0.3) is 0 Å². The van der Waals surface area contributed by atoms with Crippen LogP contribution in [0.4, 0.5) is 5.69 Å². The molecule has 0 aromatic heterocycles. The Labute approximate surface area is 155 Å².